The predicted molar refractivity (Wildman–Crippen MR) is 92.1 cm³/mol. The van der Waals surface area contributed by atoms with Crippen molar-refractivity contribution in [1.82, 2.24) is 5.32 Å². The van der Waals surface area contributed by atoms with Crippen molar-refractivity contribution in [2.75, 3.05) is 13.2 Å². The first kappa shape index (κ1) is 19.7. The minimum absolute atomic E-state index is 0. The lowest BCUT2D eigenvalue weighted by atomic mass is 9.74. The molecule has 2 fully saturated rings. The van der Waals surface area contributed by atoms with Crippen molar-refractivity contribution < 1.29 is 9.53 Å². The maximum absolute atomic E-state index is 12.5. The van der Waals surface area contributed by atoms with E-state index in [4.69, 9.17) is 10.5 Å². The molecule has 1 amide bonds. The van der Waals surface area contributed by atoms with Crippen molar-refractivity contribution in [2.24, 2.45) is 23.5 Å². The Balaban J connectivity index is 0.00000242. The van der Waals surface area contributed by atoms with E-state index in [9.17, 15) is 4.79 Å². The summed E-state index contributed by atoms with van der Waals surface area (Å²) in [6.45, 7) is 8.01. The Bertz CT molecular complexity index is 361. The molecule has 0 radical (unpaired) electrons. The quantitative estimate of drug-likeness (QED) is 0.832. The molecule has 0 aromatic carbocycles. The number of nitrogens with two attached hydrogens (primary N) is 1. The Morgan fingerprint density at radius 1 is 1.32 bits per heavy atom. The molecule has 1 saturated heterocycles. The van der Waals surface area contributed by atoms with E-state index in [1.54, 1.807) is 0 Å². The second kappa shape index (κ2) is 8.51. The molecule has 0 aromatic rings. The number of rotatable bonds is 4. The van der Waals surface area contributed by atoms with Crippen LogP contribution in [0.2, 0.25) is 0 Å². The van der Waals surface area contributed by atoms with Gasteiger partial charge in [-0.05, 0) is 38.5 Å². The average molecular weight is 333 g/mol. The summed E-state index contributed by atoms with van der Waals surface area (Å²) in [5.74, 6) is 1.05. The van der Waals surface area contributed by atoms with E-state index in [0.717, 1.165) is 51.7 Å². The van der Waals surface area contributed by atoms with Gasteiger partial charge in [-0.2, -0.15) is 0 Å². The summed E-state index contributed by atoms with van der Waals surface area (Å²) in [5, 5.41) is 3.16. The fraction of sp³-hybridized carbons (Fsp3) is 0.941. The van der Waals surface area contributed by atoms with Crippen LogP contribution in [0.5, 0.6) is 0 Å². The van der Waals surface area contributed by atoms with Gasteiger partial charge in [0, 0.05) is 24.6 Å². The van der Waals surface area contributed by atoms with Gasteiger partial charge in [0.05, 0.1) is 12.0 Å². The van der Waals surface area contributed by atoms with E-state index in [0.29, 0.717) is 11.8 Å². The summed E-state index contributed by atoms with van der Waals surface area (Å²) in [7, 11) is 0. The Morgan fingerprint density at radius 3 is 2.68 bits per heavy atom. The molecule has 3 N–H and O–H groups in total. The second-order valence-electron chi connectivity index (χ2n) is 7.53. The van der Waals surface area contributed by atoms with Crippen molar-refractivity contribution in [3.63, 3.8) is 0 Å². The Hall–Kier alpha value is -0.320. The lowest BCUT2D eigenvalue weighted by Crippen LogP contribution is -2.54. The number of nitrogens with one attached hydrogen (secondary N) is 1. The first-order valence-corrected chi connectivity index (χ1v) is 8.60. The topological polar surface area (TPSA) is 64.3 Å². The third kappa shape index (κ3) is 4.84. The highest BCUT2D eigenvalue weighted by Gasteiger charge is 2.38. The first-order chi connectivity index (χ1) is 9.92. The molecule has 2 aliphatic rings. The predicted octanol–water partition coefficient (Wildman–Crippen LogP) is 2.88. The number of hydrogen-bond donors (Lipinski definition) is 2. The number of hydrogen-bond acceptors (Lipinski definition) is 3. The molecule has 1 aliphatic carbocycles. The Kier molecular flexibility index (Phi) is 7.63. The van der Waals surface area contributed by atoms with Gasteiger partial charge in [-0.25, -0.2) is 0 Å². The van der Waals surface area contributed by atoms with Crippen LogP contribution in [0.15, 0.2) is 0 Å². The summed E-state index contributed by atoms with van der Waals surface area (Å²) in [5.41, 5.74) is 5.98. The second-order valence-corrected chi connectivity index (χ2v) is 7.53. The molecule has 2 rings (SSSR count). The highest BCUT2D eigenvalue weighted by molar-refractivity contribution is 5.85. The zero-order valence-electron chi connectivity index (χ0n) is 14.3. The van der Waals surface area contributed by atoms with Crippen LogP contribution in [0.1, 0.15) is 59.3 Å². The third-order valence-corrected chi connectivity index (χ3v) is 5.26. The van der Waals surface area contributed by atoms with Crippen LogP contribution in [0.4, 0.5) is 0 Å². The van der Waals surface area contributed by atoms with Crippen molar-refractivity contribution >= 4 is 18.3 Å². The van der Waals surface area contributed by atoms with E-state index < -0.39 is 0 Å². The van der Waals surface area contributed by atoms with Crippen LogP contribution < -0.4 is 11.1 Å². The molecule has 5 heteroatoms. The minimum Gasteiger partial charge on any atom is -0.378 e. The van der Waals surface area contributed by atoms with Gasteiger partial charge in [-0.15, -0.1) is 12.4 Å². The number of ether oxygens (including phenoxy) is 1. The van der Waals surface area contributed by atoms with Crippen molar-refractivity contribution in [3.05, 3.63) is 0 Å². The molecule has 1 saturated carbocycles. The average Bonchev–Trinajstić information content (AvgIpc) is 2.44. The minimum atomic E-state index is -0.344. The van der Waals surface area contributed by atoms with E-state index in [1.165, 1.54) is 0 Å². The molecule has 4 nitrogen and oxygen atoms in total. The van der Waals surface area contributed by atoms with Gasteiger partial charge in [0.15, 0.2) is 0 Å². The van der Waals surface area contributed by atoms with E-state index >= 15 is 0 Å². The van der Waals surface area contributed by atoms with Crippen LogP contribution in [0.25, 0.3) is 0 Å². The fourth-order valence-electron chi connectivity index (χ4n) is 3.96. The molecule has 4 unspecified atom stereocenters. The number of carbonyl (C=O) groups excluding carboxylic acids is 1. The summed E-state index contributed by atoms with van der Waals surface area (Å²) < 4.78 is 5.89. The lowest BCUT2D eigenvalue weighted by molar-refractivity contribution is -0.129. The third-order valence-electron chi connectivity index (χ3n) is 5.26. The largest absolute Gasteiger partial charge is 0.378 e. The van der Waals surface area contributed by atoms with Gasteiger partial charge in [-0.1, -0.05) is 26.7 Å². The standard InChI is InChI=1S/C17H32N2O2.ClH/c1-12(2)15-13(7-6-10-21-15)11-19-16(20)14-8-4-5-9-17(14,3)18;/h12-15H,4-11,18H2,1-3H3,(H,19,20);1H. The molecule has 4 atom stereocenters. The van der Waals surface area contributed by atoms with E-state index in [2.05, 4.69) is 19.2 Å². The van der Waals surface area contributed by atoms with E-state index in [-0.39, 0.29) is 35.9 Å². The molecular formula is C17H33ClN2O2. The summed E-state index contributed by atoms with van der Waals surface area (Å²) >= 11 is 0. The van der Waals surface area contributed by atoms with Crippen molar-refractivity contribution in [2.45, 2.75) is 70.9 Å². The molecule has 1 aliphatic heterocycles. The zero-order chi connectivity index (χ0) is 15.5. The van der Waals surface area contributed by atoms with Crippen LogP contribution in [-0.4, -0.2) is 30.7 Å². The van der Waals surface area contributed by atoms with Gasteiger partial charge in [0.25, 0.3) is 0 Å². The maximum Gasteiger partial charge on any atom is 0.224 e. The molecule has 130 valence electrons. The van der Waals surface area contributed by atoms with Gasteiger partial charge >= 0.3 is 0 Å². The van der Waals surface area contributed by atoms with Crippen LogP contribution in [-0.2, 0) is 9.53 Å². The lowest BCUT2D eigenvalue weighted by Gasteiger charge is -2.38. The molecule has 0 spiro atoms. The van der Waals surface area contributed by atoms with Crippen LogP contribution >= 0.6 is 12.4 Å². The number of amides is 1. The maximum atomic E-state index is 12.5. The highest BCUT2D eigenvalue weighted by atomic mass is 35.5. The summed E-state index contributed by atoms with van der Waals surface area (Å²) in [4.78, 5) is 12.5. The van der Waals surface area contributed by atoms with Gasteiger partial charge < -0.3 is 15.8 Å². The normalized spacial score (nSPS) is 35.8. The van der Waals surface area contributed by atoms with Gasteiger partial charge in [0.1, 0.15) is 0 Å². The van der Waals surface area contributed by atoms with Crippen LogP contribution in [0.3, 0.4) is 0 Å². The number of halogens is 1. The monoisotopic (exact) mass is 332 g/mol. The van der Waals surface area contributed by atoms with Crippen molar-refractivity contribution in [1.29, 1.82) is 0 Å². The zero-order valence-corrected chi connectivity index (χ0v) is 15.1. The molecule has 0 bridgehead atoms. The molecular weight excluding hydrogens is 300 g/mol. The fourth-order valence-corrected chi connectivity index (χ4v) is 3.96. The first-order valence-electron chi connectivity index (χ1n) is 8.60. The molecule has 22 heavy (non-hydrogen) atoms. The highest BCUT2D eigenvalue weighted by Crippen LogP contribution is 2.32. The molecule has 1 heterocycles. The summed E-state index contributed by atoms with van der Waals surface area (Å²) in [6, 6.07) is 0. The summed E-state index contributed by atoms with van der Waals surface area (Å²) in [6.07, 6.45) is 6.65. The van der Waals surface area contributed by atoms with Gasteiger partial charge in [0.2, 0.25) is 5.91 Å². The Labute approximate surface area is 141 Å². The molecule has 0 aromatic heterocycles. The van der Waals surface area contributed by atoms with Crippen LogP contribution in [0, 0.1) is 17.8 Å². The Morgan fingerprint density at radius 2 is 2.05 bits per heavy atom. The SMILES string of the molecule is CC(C)C1OCCCC1CNC(=O)C1CCCCC1(C)N.Cl. The van der Waals surface area contributed by atoms with Crippen molar-refractivity contribution in [3.8, 4) is 0 Å². The van der Waals surface area contributed by atoms with E-state index in [1.807, 2.05) is 6.92 Å². The number of carbonyl (C=O) groups is 1. The van der Waals surface area contributed by atoms with Gasteiger partial charge in [-0.3, -0.25) is 4.79 Å². The smallest absolute Gasteiger partial charge is 0.224 e.